The Kier molecular flexibility index (Phi) is 8.14. The maximum absolute atomic E-state index is 15.2. The molecule has 1 aliphatic heterocycles. The summed E-state index contributed by atoms with van der Waals surface area (Å²) in [7, 11) is 0. The highest BCUT2D eigenvalue weighted by Crippen LogP contribution is 2.35. The minimum atomic E-state index is -0.754. The van der Waals surface area contributed by atoms with E-state index in [1.54, 1.807) is 0 Å². The third-order valence-corrected chi connectivity index (χ3v) is 6.32. The number of ether oxygens (including phenoxy) is 1. The SMILES string of the molecule is N#Cc1cc(Cl)cc(Oc2c(Cl)ccc(CNC(=O)c3nc(CN4CCCCC4)[nH]c3Cl)c2F)c1. The van der Waals surface area contributed by atoms with E-state index in [2.05, 4.69) is 20.2 Å². The van der Waals surface area contributed by atoms with Gasteiger partial charge < -0.3 is 15.0 Å². The molecule has 1 fully saturated rings. The predicted molar refractivity (Wildman–Crippen MR) is 132 cm³/mol. The molecule has 1 aromatic heterocycles. The number of carbonyl (C=O) groups is 1. The molecule has 182 valence electrons. The fourth-order valence-corrected chi connectivity index (χ4v) is 4.47. The molecule has 1 aliphatic rings. The zero-order chi connectivity index (χ0) is 24.9. The van der Waals surface area contributed by atoms with E-state index < -0.39 is 11.7 Å². The van der Waals surface area contributed by atoms with Crippen LogP contribution in [0.25, 0.3) is 0 Å². The number of nitriles is 1. The van der Waals surface area contributed by atoms with Crippen molar-refractivity contribution in [3.63, 3.8) is 0 Å². The molecule has 2 aromatic carbocycles. The molecule has 0 bridgehead atoms. The van der Waals surface area contributed by atoms with Crippen LogP contribution in [-0.2, 0) is 13.1 Å². The molecular weight excluding hydrogens is 516 g/mol. The van der Waals surface area contributed by atoms with E-state index in [1.807, 2.05) is 6.07 Å². The van der Waals surface area contributed by atoms with Gasteiger partial charge in [-0.1, -0.05) is 47.3 Å². The standard InChI is InChI=1S/C24H21Cl3FN5O2/c25-16-8-14(11-29)9-17(10-16)35-22-18(26)5-4-15(20(22)28)12-30-24(34)21-23(27)32-19(31-21)13-33-6-2-1-3-7-33/h4-5,8-10H,1-3,6-7,12-13H2,(H,30,34)(H,31,32). The number of likely N-dealkylation sites (tertiary alicyclic amines) is 1. The Morgan fingerprint density at radius 1 is 1.20 bits per heavy atom. The lowest BCUT2D eigenvalue weighted by atomic mass is 10.1. The molecule has 0 saturated carbocycles. The normalized spacial score (nSPS) is 13.9. The van der Waals surface area contributed by atoms with Crippen molar-refractivity contribution in [1.82, 2.24) is 20.2 Å². The van der Waals surface area contributed by atoms with Gasteiger partial charge >= 0.3 is 0 Å². The second-order valence-electron chi connectivity index (χ2n) is 8.10. The third kappa shape index (κ3) is 6.24. The summed E-state index contributed by atoms with van der Waals surface area (Å²) < 4.78 is 20.8. The van der Waals surface area contributed by atoms with Gasteiger partial charge in [0.15, 0.2) is 17.3 Å². The topological polar surface area (TPSA) is 94.0 Å². The number of hydrogen-bond donors (Lipinski definition) is 2. The highest BCUT2D eigenvalue weighted by atomic mass is 35.5. The van der Waals surface area contributed by atoms with Crippen molar-refractivity contribution in [3.8, 4) is 17.6 Å². The Morgan fingerprint density at radius 2 is 1.97 bits per heavy atom. The number of imidazole rings is 1. The molecule has 3 aromatic rings. The molecule has 1 saturated heterocycles. The smallest absolute Gasteiger partial charge is 0.273 e. The summed E-state index contributed by atoms with van der Waals surface area (Å²) >= 11 is 18.3. The number of halogens is 4. The zero-order valence-electron chi connectivity index (χ0n) is 18.5. The average molecular weight is 537 g/mol. The van der Waals surface area contributed by atoms with E-state index in [9.17, 15) is 4.79 Å². The van der Waals surface area contributed by atoms with Gasteiger partial charge in [-0.15, -0.1) is 0 Å². The van der Waals surface area contributed by atoms with E-state index in [4.69, 9.17) is 44.8 Å². The van der Waals surface area contributed by atoms with Crippen LogP contribution in [0.4, 0.5) is 4.39 Å². The first-order valence-corrected chi connectivity index (χ1v) is 12.1. The Labute approximate surface area is 216 Å². The summed E-state index contributed by atoms with van der Waals surface area (Å²) in [6, 6.07) is 9.15. The largest absolute Gasteiger partial charge is 0.453 e. The number of rotatable bonds is 7. The number of benzene rings is 2. The van der Waals surface area contributed by atoms with E-state index in [-0.39, 0.29) is 50.1 Å². The number of hydrogen-bond acceptors (Lipinski definition) is 5. The van der Waals surface area contributed by atoms with Gasteiger partial charge in [0.1, 0.15) is 16.7 Å². The van der Waals surface area contributed by atoms with Crippen molar-refractivity contribution in [1.29, 1.82) is 5.26 Å². The fraction of sp³-hybridized carbons (Fsp3) is 0.292. The minimum Gasteiger partial charge on any atom is -0.453 e. The van der Waals surface area contributed by atoms with Gasteiger partial charge in [-0.25, -0.2) is 9.37 Å². The van der Waals surface area contributed by atoms with Gasteiger partial charge in [-0.2, -0.15) is 5.26 Å². The lowest BCUT2D eigenvalue weighted by Crippen LogP contribution is -2.29. The van der Waals surface area contributed by atoms with Gasteiger partial charge in [0, 0.05) is 17.1 Å². The molecule has 35 heavy (non-hydrogen) atoms. The molecule has 4 rings (SSSR count). The first kappa shape index (κ1) is 25.3. The monoisotopic (exact) mass is 535 g/mol. The molecule has 11 heteroatoms. The number of carbonyl (C=O) groups excluding carboxylic acids is 1. The Hall–Kier alpha value is -2.83. The summed E-state index contributed by atoms with van der Waals surface area (Å²) in [4.78, 5) is 22.2. The Morgan fingerprint density at radius 3 is 2.71 bits per heavy atom. The summed E-state index contributed by atoms with van der Waals surface area (Å²) in [5.74, 6) is -0.780. The van der Waals surface area contributed by atoms with Gasteiger partial charge in [0.05, 0.1) is 23.2 Å². The maximum atomic E-state index is 15.2. The van der Waals surface area contributed by atoms with Gasteiger partial charge in [0.2, 0.25) is 0 Å². The molecule has 7 nitrogen and oxygen atoms in total. The van der Waals surface area contributed by atoms with Crippen LogP contribution in [0.5, 0.6) is 11.5 Å². The molecule has 0 spiro atoms. The van der Waals surface area contributed by atoms with E-state index in [0.717, 1.165) is 25.9 Å². The van der Waals surface area contributed by atoms with Crippen LogP contribution in [0, 0.1) is 17.1 Å². The highest BCUT2D eigenvalue weighted by molar-refractivity contribution is 6.32. The van der Waals surface area contributed by atoms with E-state index in [1.165, 1.54) is 36.8 Å². The molecular formula is C24H21Cl3FN5O2. The van der Waals surface area contributed by atoms with E-state index in [0.29, 0.717) is 12.4 Å². The minimum absolute atomic E-state index is 0.0220. The lowest BCUT2D eigenvalue weighted by Gasteiger charge is -2.25. The number of nitrogens with one attached hydrogen (secondary N) is 2. The molecule has 2 heterocycles. The second-order valence-corrected chi connectivity index (χ2v) is 9.33. The number of aromatic nitrogens is 2. The molecule has 0 aliphatic carbocycles. The first-order valence-electron chi connectivity index (χ1n) is 10.9. The number of amides is 1. The van der Waals surface area contributed by atoms with Gasteiger partial charge in [-0.3, -0.25) is 9.69 Å². The highest BCUT2D eigenvalue weighted by Gasteiger charge is 2.21. The number of H-pyrrole nitrogens is 1. The average Bonchev–Trinajstić information content (AvgIpc) is 3.21. The molecule has 2 N–H and O–H groups in total. The van der Waals surface area contributed by atoms with Crippen LogP contribution in [0.3, 0.4) is 0 Å². The molecule has 1 amide bonds. The van der Waals surface area contributed by atoms with Crippen LogP contribution < -0.4 is 10.1 Å². The van der Waals surface area contributed by atoms with E-state index >= 15 is 4.39 Å². The molecule has 0 radical (unpaired) electrons. The molecule has 0 atom stereocenters. The van der Waals surface area contributed by atoms with Crippen LogP contribution >= 0.6 is 34.8 Å². The fourth-order valence-electron chi connectivity index (χ4n) is 3.82. The van der Waals surface area contributed by atoms with Crippen molar-refractivity contribution < 1.29 is 13.9 Å². The van der Waals surface area contributed by atoms with Gasteiger partial charge in [-0.05, 0) is 50.2 Å². The number of nitrogens with zero attached hydrogens (tertiary/aromatic N) is 3. The summed E-state index contributed by atoms with van der Waals surface area (Å²) in [5.41, 5.74) is 0.441. The van der Waals surface area contributed by atoms with Crippen LogP contribution in [0.1, 0.15) is 46.7 Å². The quantitative estimate of drug-likeness (QED) is 0.381. The third-order valence-electron chi connectivity index (χ3n) is 5.53. The van der Waals surface area contributed by atoms with Crippen molar-refractivity contribution in [2.45, 2.75) is 32.4 Å². The number of piperidine rings is 1. The predicted octanol–water partition coefficient (Wildman–Crippen LogP) is 6.09. The van der Waals surface area contributed by atoms with Gasteiger partial charge in [0.25, 0.3) is 5.91 Å². The van der Waals surface area contributed by atoms with Crippen molar-refractivity contribution in [2.24, 2.45) is 0 Å². The first-order chi connectivity index (χ1) is 16.8. The van der Waals surface area contributed by atoms with Crippen molar-refractivity contribution >= 4 is 40.7 Å². The van der Waals surface area contributed by atoms with Crippen LogP contribution in [0.2, 0.25) is 15.2 Å². The van der Waals surface area contributed by atoms with Crippen molar-refractivity contribution in [2.75, 3.05) is 13.1 Å². The summed E-state index contributed by atoms with van der Waals surface area (Å²) in [6.07, 6.45) is 3.49. The number of aromatic amines is 1. The lowest BCUT2D eigenvalue weighted by molar-refractivity contribution is 0.0946. The Balaban J connectivity index is 1.45. The zero-order valence-corrected chi connectivity index (χ0v) is 20.8. The maximum Gasteiger partial charge on any atom is 0.273 e. The van der Waals surface area contributed by atoms with Crippen LogP contribution in [0.15, 0.2) is 30.3 Å². The van der Waals surface area contributed by atoms with Crippen molar-refractivity contribution in [3.05, 3.63) is 74.0 Å². The Bertz CT molecular complexity index is 1280. The van der Waals surface area contributed by atoms with Crippen LogP contribution in [-0.4, -0.2) is 33.9 Å². The summed E-state index contributed by atoms with van der Waals surface area (Å²) in [5, 5.41) is 12.1. The second kappa shape index (κ2) is 11.3. The molecule has 0 unspecified atom stereocenters. The summed E-state index contributed by atoms with van der Waals surface area (Å²) in [6.45, 7) is 2.39.